The summed E-state index contributed by atoms with van der Waals surface area (Å²) in [6.45, 7) is 26.0. The van der Waals surface area contributed by atoms with Gasteiger partial charge in [-0.3, -0.25) is 0 Å². The van der Waals surface area contributed by atoms with Crippen molar-refractivity contribution in [3.8, 4) is 11.5 Å². The number of phosphoric acid groups is 2. The third kappa shape index (κ3) is 19.7. The van der Waals surface area contributed by atoms with Gasteiger partial charge >= 0.3 is 58.4 Å². The van der Waals surface area contributed by atoms with E-state index in [0.717, 1.165) is 22.3 Å². The molecule has 236 valence electrons. The average molecular weight is 811 g/mol. The van der Waals surface area contributed by atoms with Gasteiger partial charge in [0.05, 0.1) is 0 Å². The van der Waals surface area contributed by atoms with Crippen LogP contribution in [0, 0.1) is 0 Å². The van der Waals surface area contributed by atoms with E-state index in [1.165, 1.54) is 11.1 Å². The summed E-state index contributed by atoms with van der Waals surface area (Å²) in [7, 11) is -10.8. The summed E-state index contributed by atoms with van der Waals surface area (Å²) in [4.78, 5) is 51.3. The SMILES string of the molecule is CC(C)(C)c1cc(Cc2cc(C(C)(C)C)cc(C(C)(C)C)c2O)c(O)c(C(C)(C)C)c1.O=P([O-])([O-])[O-].O=P([O-])([O-])[O-].[Zn+2].[Zn+2].[Zn+2]. The van der Waals surface area contributed by atoms with Crippen LogP contribution in [0.15, 0.2) is 24.3 Å². The zero-order valence-corrected chi connectivity index (χ0v) is 38.9. The molecule has 0 saturated heterocycles. The largest absolute Gasteiger partial charge is 2.00 e. The van der Waals surface area contributed by atoms with E-state index in [4.69, 9.17) is 38.5 Å². The van der Waals surface area contributed by atoms with Crippen LogP contribution in [0.1, 0.15) is 116 Å². The van der Waals surface area contributed by atoms with E-state index in [9.17, 15) is 10.2 Å². The summed E-state index contributed by atoms with van der Waals surface area (Å²) < 4.78 is 17.1. The monoisotopic (exact) mass is 806 g/mol. The van der Waals surface area contributed by atoms with Gasteiger partial charge < -0.3 is 48.7 Å². The standard InChI is InChI=1S/C29H44O2.2H3O4P.3Zn/c1-26(2,3)20-14-18(24(30)22(16-20)28(7,8)9)13-19-15-21(27(4,5)6)17-23(25(19)31)29(10,11)12;2*1-5(2,3)4;;;/h14-17,30-31H,13H2,1-12H3;2*(H3,1,2,3,4);;;/q;;;3*+2/p-6. The second kappa shape index (κ2) is 18.0. The number of rotatable bonds is 2. The molecule has 0 fully saturated rings. The molecule has 2 rings (SSSR count). The van der Waals surface area contributed by atoms with Gasteiger partial charge in [-0.15, -0.1) is 0 Å². The molecule has 0 aliphatic rings. The second-order valence-electron chi connectivity index (χ2n) is 14.1. The molecule has 44 heavy (non-hydrogen) atoms. The fraction of sp³-hybridized carbons (Fsp3) is 0.586. The van der Waals surface area contributed by atoms with Crippen molar-refractivity contribution >= 4 is 15.6 Å². The van der Waals surface area contributed by atoms with Crippen molar-refractivity contribution in [2.75, 3.05) is 0 Å². The Bertz CT molecular complexity index is 1180. The number of benzene rings is 2. The Labute approximate surface area is 301 Å². The molecule has 0 aromatic heterocycles. The van der Waals surface area contributed by atoms with E-state index in [2.05, 4.69) is 107 Å². The van der Waals surface area contributed by atoms with E-state index in [1.807, 2.05) is 0 Å². The maximum absolute atomic E-state index is 11.2. The molecular weight excluding hydrogens is 766 g/mol. The molecule has 0 aliphatic heterocycles. The molecule has 0 bridgehead atoms. The molecule has 0 atom stereocenters. The Morgan fingerprint density at radius 1 is 0.500 bits per heavy atom. The maximum Gasteiger partial charge on any atom is 2.00 e. The Hall–Kier alpha value is 0.130. The molecular formula is C29H44O10P2Zn3. The average Bonchev–Trinajstić information content (AvgIpc) is 2.64. The van der Waals surface area contributed by atoms with Gasteiger partial charge in [0.15, 0.2) is 0 Å². The van der Waals surface area contributed by atoms with Crippen molar-refractivity contribution in [1.29, 1.82) is 0 Å². The minimum absolute atomic E-state index is 0. The van der Waals surface area contributed by atoms with Crippen LogP contribution in [-0.4, -0.2) is 10.2 Å². The third-order valence-electron chi connectivity index (χ3n) is 6.11. The van der Waals surface area contributed by atoms with Crippen molar-refractivity contribution in [2.45, 2.75) is 111 Å². The van der Waals surface area contributed by atoms with Crippen LogP contribution in [0.2, 0.25) is 0 Å². The van der Waals surface area contributed by atoms with E-state index < -0.39 is 15.6 Å². The first-order chi connectivity index (χ1) is 17.7. The minimum atomic E-state index is -5.39. The van der Waals surface area contributed by atoms with Gasteiger partial charge in [0, 0.05) is 6.42 Å². The van der Waals surface area contributed by atoms with Gasteiger partial charge in [-0.1, -0.05) is 107 Å². The van der Waals surface area contributed by atoms with E-state index in [-0.39, 0.29) is 80.1 Å². The van der Waals surface area contributed by atoms with Gasteiger partial charge in [0.25, 0.3) is 0 Å². The van der Waals surface area contributed by atoms with Crippen LogP contribution in [-0.2, 0) is 95.6 Å². The minimum Gasteiger partial charge on any atom is -0.822 e. The Morgan fingerprint density at radius 2 is 0.705 bits per heavy atom. The predicted octanol–water partition coefficient (Wildman–Crippen LogP) is 2.22. The van der Waals surface area contributed by atoms with Crippen molar-refractivity contribution in [1.82, 2.24) is 0 Å². The van der Waals surface area contributed by atoms with Gasteiger partial charge in [-0.05, 0) is 55.0 Å². The van der Waals surface area contributed by atoms with Gasteiger partial charge in [0.1, 0.15) is 11.5 Å². The molecule has 15 heteroatoms. The summed E-state index contributed by atoms with van der Waals surface area (Å²) in [6, 6.07) is 8.52. The first-order valence-corrected chi connectivity index (χ1v) is 15.8. The normalized spacial score (nSPS) is 12.2. The zero-order chi connectivity index (χ0) is 33.2. The van der Waals surface area contributed by atoms with Gasteiger partial charge in [-0.2, -0.15) is 15.6 Å². The molecule has 0 saturated carbocycles. The first kappa shape index (κ1) is 51.0. The summed E-state index contributed by atoms with van der Waals surface area (Å²) >= 11 is 0. The van der Waals surface area contributed by atoms with Crippen molar-refractivity contribution in [3.63, 3.8) is 0 Å². The van der Waals surface area contributed by atoms with Crippen molar-refractivity contribution in [3.05, 3.63) is 57.6 Å². The topological polar surface area (TPSA) is 213 Å². The Kier molecular flexibility index (Phi) is 20.9. The fourth-order valence-electron chi connectivity index (χ4n) is 3.87. The first-order valence-electron chi connectivity index (χ1n) is 12.9. The summed E-state index contributed by atoms with van der Waals surface area (Å²) in [5, 5.41) is 22.5. The van der Waals surface area contributed by atoms with Gasteiger partial charge in [0.2, 0.25) is 0 Å². The number of hydrogen-bond donors (Lipinski definition) is 2. The zero-order valence-electron chi connectivity index (χ0n) is 28.2. The Morgan fingerprint density at radius 3 is 0.864 bits per heavy atom. The van der Waals surface area contributed by atoms with Crippen LogP contribution in [0.4, 0.5) is 0 Å². The van der Waals surface area contributed by atoms with Crippen LogP contribution in [0.3, 0.4) is 0 Å². The van der Waals surface area contributed by atoms with Crippen LogP contribution >= 0.6 is 15.6 Å². The van der Waals surface area contributed by atoms with Crippen molar-refractivity contribution < 1.29 is 107 Å². The smallest absolute Gasteiger partial charge is 0.822 e. The van der Waals surface area contributed by atoms with E-state index in [1.54, 1.807) is 0 Å². The third-order valence-corrected chi connectivity index (χ3v) is 6.11. The molecule has 2 aromatic carbocycles. The molecule has 2 aromatic rings. The number of aromatic hydroxyl groups is 2. The summed E-state index contributed by atoms with van der Waals surface area (Å²) in [5.41, 5.74) is 5.65. The van der Waals surface area contributed by atoms with E-state index in [0.29, 0.717) is 17.9 Å². The molecule has 0 radical (unpaired) electrons. The van der Waals surface area contributed by atoms with Crippen LogP contribution < -0.4 is 29.4 Å². The molecule has 2 N–H and O–H groups in total. The predicted molar refractivity (Wildman–Crippen MR) is 149 cm³/mol. The van der Waals surface area contributed by atoms with E-state index >= 15 is 0 Å². The van der Waals surface area contributed by atoms with Crippen molar-refractivity contribution in [2.24, 2.45) is 0 Å². The quantitative estimate of drug-likeness (QED) is 0.334. The van der Waals surface area contributed by atoms with Crippen LogP contribution in [0.5, 0.6) is 11.5 Å². The molecule has 0 amide bonds. The molecule has 0 aliphatic carbocycles. The molecule has 0 heterocycles. The Balaban J connectivity index is -0.000000533. The fourth-order valence-corrected chi connectivity index (χ4v) is 3.87. The molecule has 0 spiro atoms. The number of hydrogen-bond acceptors (Lipinski definition) is 10. The molecule has 10 nitrogen and oxygen atoms in total. The summed E-state index contributed by atoms with van der Waals surface area (Å²) in [6.07, 6.45) is 0.498. The maximum atomic E-state index is 11.2. The summed E-state index contributed by atoms with van der Waals surface area (Å²) in [5.74, 6) is 0.691. The number of phenolic OH excluding ortho intramolecular Hbond substituents is 2. The molecule has 0 unspecified atom stereocenters. The van der Waals surface area contributed by atoms with Crippen LogP contribution in [0.25, 0.3) is 0 Å². The number of phenols is 2. The van der Waals surface area contributed by atoms with Gasteiger partial charge in [-0.25, -0.2) is 0 Å². The second-order valence-corrected chi connectivity index (χ2v) is 15.9.